The van der Waals surface area contributed by atoms with E-state index in [1.807, 2.05) is 6.92 Å². The molecule has 8 nitrogen and oxygen atoms in total. The maximum absolute atomic E-state index is 12.0. The molecule has 2 aliphatic rings. The van der Waals surface area contributed by atoms with Crippen molar-refractivity contribution in [2.75, 3.05) is 38.3 Å². The average molecular weight is 475 g/mol. The van der Waals surface area contributed by atoms with Crippen LogP contribution in [0.1, 0.15) is 31.9 Å². The van der Waals surface area contributed by atoms with Crippen LogP contribution in [-0.4, -0.2) is 65.2 Å². The molecule has 10 heteroatoms. The SMILES string of the molecule is COC(=O)[C@@H](C)Sc1ncnc2c1sc1nc(N3CCOCC3)c3c(c12)CC(C)(C)OC3. The lowest BCUT2D eigenvalue weighted by atomic mass is 9.90. The Balaban J connectivity index is 1.70. The molecule has 5 heterocycles. The average Bonchev–Trinajstić information content (AvgIpc) is 3.17. The van der Waals surface area contributed by atoms with Gasteiger partial charge in [0.25, 0.3) is 0 Å². The normalized spacial score (nSPS) is 19.2. The van der Waals surface area contributed by atoms with Crippen molar-refractivity contribution in [1.29, 1.82) is 0 Å². The lowest BCUT2D eigenvalue weighted by molar-refractivity contribution is -0.139. The predicted octanol–water partition coefficient (Wildman–Crippen LogP) is 3.58. The third-order valence-electron chi connectivity index (χ3n) is 5.91. The van der Waals surface area contributed by atoms with Gasteiger partial charge < -0.3 is 19.1 Å². The van der Waals surface area contributed by atoms with Crippen LogP contribution in [0.2, 0.25) is 0 Å². The number of hydrogen-bond acceptors (Lipinski definition) is 10. The number of pyridine rings is 1. The summed E-state index contributed by atoms with van der Waals surface area (Å²) in [5.74, 6) is 0.717. The van der Waals surface area contributed by atoms with Gasteiger partial charge in [0.2, 0.25) is 0 Å². The fraction of sp³-hybridized carbons (Fsp3) is 0.545. The molecule has 5 rings (SSSR count). The summed E-state index contributed by atoms with van der Waals surface area (Å²) in [5, 5.41) is 1.51. The van der Waals surface area contributed by atoms with Crippen molar-refractivity contribution in [1.82, 2.24) is 15.0 Å². The molecule has 2 aliphatic heterocycles. The standard InChI is InChI=1S/C22H26N4O4S2/c1-12(21(27)28-4)31-20-17-16(23-11-24-20)15-13-9-22(2,3)30-10-14(13)18(25-19(15)32-17)26-5-7-29-8-6-26/h11-12H,5-10H2,1-4H3/t12-/m1/s1. The highest BCUT2D eigenvalue weighted by molar-refractivity contribution is 8.00. The first-order chi connectivity index (χ1) is 15.4. The van der Waals surface area contributed by atoms with Crippen LogP contribution in [0.3, 0.4) is 0 Å². The minimum Gasteiger partial charge on any atom is -0.468 e. The summed E-state index contributed by atoms with van der Waals surface area (Å²) in [6, 6.07) is 0. The van der Waals surface area contributed by atoms with E-state index in [0.29, 0.717) is 19.8 Å². The minimum absolute atomic E-state index is 0.262. The van der Waals surface area contributed by atoms with E-state index in [9.17, 15) is 4.79 Å². The number of rotatable bonds is 4. The van der Waals surface area contributed by atoms with Gasteiger partial charge in [0.15, 0.2) is 0 Å². The Labute approximate surface area is 194 Å². The van der Waals surface area contributed by atoms with Crippen molar-refractivity contribution in [3.63, 3.8) is 0 Å². The topological polar surface area (TPSA) is 86.7 Å². The molecule has 0 aliphatic carbocycles. The van der Waals surface area contributed by atoms with Crippen molar-refractivity contribution >= 4 is 55.3 Å². The fourth-order valence-electron chi connectivity index (χ4n) is 4.27. The van der Waals surface area contributed by atoms with Gasteiger partial charge >= 0.3 is 5.97 Å². The van der Waals surface area contributed by atoms with Crippen molar-refractivity contribution in [2.45, 2.75) is 49.7 Å². The summed E-state index contributed by atoms with van der Waals surface area (Å²) in [5.41, 5.74) is 3.04. The van der Waals surface area contributed by atoms with E-state index in [2.05, 4.69) is 28.7 Å². The summed E-state index contributed by atoms with van der Waals surface area (Å²) >= 11 is 2.99. The van der Waals surface area contributed by atoms with E-state index < -0.39 is 0 Å². The summed E-state index contributed by atoms with van der Waals surface area (Å²) in [6.07, 6.45) is 2.36. The molecule has 1 saturated heterocycles. The van der Waals surface area contributed by atoms with Gasteiger partial charge in [0.05, 0.1) is 42.7 Å². The molecule has 0 radical (unpaired) electrons. The van der Waals surface area contributed by atoms with Gasteiger partial charge in [-0.1, -0.05) is 11.8 Å². The Morgan fingerprint density at radius 1 is 1.28 bits per heavy atom. The van der Waals surface area contributed by atoms with Gasteiger partial charge in [-0.2, -0.15) is 0 Å². The first-order valence-corrected chi connectivity index (χ1v) is 12.4. The number of fused-ring (bicyclic) bond motifs is 5. The van der Waals surface area contributed by atoms with Gasteiger partial charge in [-0.3, -0.25) is 4.79 Å². The van der Waals surface area contributed by atoms with E-state index in [0.717, 1.165) is 56.4 Å². The number of nitrogens with zero attached hydrogens (tertiary/aromatic N) is 4. The van der Waals surface area contributed by atoms with Gasteiger partial charge in [-0.05, 0) is 26.3 Å². The van der Waals surface area contributed by atoms with Crippen LogP contribution in [0, 0.1) is 0 Å². The maximum Gasteiger partial charge on any atom is 0.318 e. The van der Waals surface area contributed by atoms with Crippen molar-refractivity contribution in [2.24, 2.45) is 0 Å². The van der Waals surface area contributed by atoms with E-state index in [4.69, 9.17) is 19.2 Å². The molecule has 3 aromatic rings. The van der Waals surface area contributed by atoms with Crippen LogP contribution in [0.15, 0.2) is 11.4 Å². The molecule has 0 bridgehead atoms. The lowest BCUT2D eigenvalue weighted by Crippen LogP contribution is -2.39. The highest BCUT2D eigenvalue weighted by Crippen LogP contribution is 2.44. The molecule has 170 valence electrons. The summed E-state index contributed by atoms with van der Waals surface area (Å²) < 4.78 is 17.6. The van der Waals surface area contributed by atoms with Crippen LogP contribution in [0.25, 0.3) is 20.4 Å². The van der Waals surface area contributed by atoms with Crippen molar-refractivity contribution in [3.8, 4) is 0 Å². The molecular weight excluding hydrogens is 448 g/mol. The molecule has 0 amide bonds. The fourth-order valence-corrected chi connectivity index (χ4v) is 6.42. The molecular formula is C22H26N4O4S2. The summed E-state index contributed by atoms with van der Waals surface area (Å²) in [7, 11) is 1.40. The Hall–Kier alpha value is -2.01. The number of carbonyl (C=O) groups is 1. The maximum atomic E-state index is 12.0. The van der Waals surface area contributed by atoms with E-state index in [-0.39, 0.29) is 16.8 Å². The van der Waals surface area contributed by atoms with Crippen molar-refractivity contribution < 1.29 is 19.0 Å². The van der Waals surface area contributed by atoms with Gasteiger partial charge in [-0.15, -0.1) is 11.3 Å². The number of carbonyl (C=O) groups excluding carboxylic acids is 1. The minimum atomic E-state index is -0.360. The molecule has 0 saturated carbocycles. The third-order valence-corrected chi connectivity index (χ3v) is 8.19. The largest absolute Gasteiger partial charge is 0.468 e. The monoisotopic (exact) mass is 474 g/mol. The second kappa shape index (κ2) is 8.40. The van der Waals surface area contributed by atoms with Crippen LogP contribution in [-0.2, 0) is 32.0 Å². The zero-order valence-corrected chi connectivity index (χ0v) is 20.3. The van der Waals surface area contributed by atoms with Crippen LogP contribution in [0.5, 0.6) is 0 Å². The number of methoxy groups -OCH3 is 1. The number of morpholine rings is 1. The smallest absolute Gasteiger partial charge is 0.318 e. The quantitative estimate of drug-likeness (QED) is 0.320. The summed E-state index contributed by atoms with van der Waals surface area (Å²) in [4.78, 5) is 29.5. The third kappa shape index (κ3) is 3.83. The highest BCUT2D eigenvalue weighted by atomic mass is 32.2. The highest BCUT2D eigenvalue weighted by Gasteiger charge is 2.33. The Morgan fingerprint density at radius 2 is 2.06 bits per heavy atom. The van der Waals surface area contributed by atoms with Gasteiger partial charge in [0.1, 0.15) is 27.3 Å². The summed E-state index contributed by atoms with van der Waals surface area (Å²) in [6.45, 7) is 9.64. The second-order valence-corrected chi connectivity index (χ2v) is 11.0. The first kappa shape index (κ1) is 21.8. The predicted molar refractivity (Wildman–Crippen MR) is 126 cm³/mol. The Morgan fingerprint density at radius 3 is 2.81 bits per heavy atom. The van der Waals surface area contributed by atoms with Crippen LogP contribution < -0.4 is 4.90 Å². The number of thiophene rings is 1. The molecule has 0 N–H and O–H groups in total. The molecule has 32 heavy (non-hydrogen) atoms. The first-order valence-electron chi connectivity index (χ1n) is 10.7. The van der Waals surface area contributed by atoms with Crippen molar-refractivity contribution in [3.05, 3.63) is 17.5 Å². The molecule has 0 unspecified atom stereocenters. The number of thioether (sulfide) groups is 1. The number of ether oxygens (including phenoxy) is 3. The van der Waals surface area contributed by atoms with Gasteiger partial charge in [-0.25, -0.2) is 15.0 Å². The number of anilines is 1. The Bertz CT molecular complexity index is 1190. The van der Waals surface area contributed by atoms with E-state index in [1.54, 1.807) is 17.7 Å². The van der Waals surface area contributed by atoms with E-state index >= 15 is 0 Å². The van der Waals surface area contributed by atoms with Gasteiger partial charge in [0, 0.05) is 30.5 Å². The lowest BCUT2D eigenvalue weighted by Gasteiger charge is -2.36. The number of hydrogen-bond donors (Lipinski definition) is 0. The molecule has 0 aromatic carbocycles. The number of esters is 1. The van der Waals surface area contributed by atoms with Crippen LogP contribution >= 0.6 is 23.1 Å². The van der Waals surface area contributed by atoms with Crippen LogP contribution in [0.4, 0.5) is 5.82 Å². The zero-order chi connectivity index (χ0) is 22.5. The molecule has 1 fully saturated rings. The number of aromatic nitrogens is 3. The molecule has 1 atom stereocenters. The van der Waals surface area contributed by atoms with E-state index in [1.165, 1.54) is 24.4 Å². The zero-order valence-electron chi connectivity index (χ0n) is 18.6. The molecule has 0 spiro atoms. The Kier molecular flexibility index (Phi) is 5.73. The second-order valence-electron chi connectivity index (χ2n) is 8.64. The molecule has 3 aromatic heterocycles.